The Labute approximate surface area is 156 Å². The van der Waals surface area contributed by atoms with Gasteiger partial charge in [0.15, 0.2) is 10.7 Å². The number of hydrazine groups is 1. The molecule has 128 valence electrons. The Morgan fingerprint density at radius 2 is 1.96 bits per heavy atom. The van der Waals surface area contributed by atoms with E-state index < -0.39 is 5.54 Å². The Morgan fingerprint density at radius 1 is 1.20 bits per heavy atom. The number of amidine groups is 1. The number of rotatable bonds is 2. The van der Waals surface area contributed by atoms with Crippen molar-refractivity contribution in [3.05, 3.63) is 64.7 Å². The maximum absolute atomic E-state index is 13.4. The fourth-order valence-corrected chi connectivity index (χ4v) is 4.26. The third-order valence-electron chi connectivity index (χ3n) is 4.75. The molecule has 0 saturated heterocycles. The van der Waals surface area contributed by atoms with E-state index in [-0.39, 0.29) is 5.91 Å². The second-order valence-corrected chi connectivity index (χ2v) is 7.44. The number of hydrogen-bond donors (Lipinski definition) is 1. The molecule has 2 aromatic rings. The first-order valence-electron chi connectivity index (χ1n) is 8.23. The van der Waals surface area contributed by atoms with E-state index in [4.69, 9.17) is 16.6 Å². The van der Waals surface area contributed by atoms with Crippen LogP contribution in [0.5, 0.6) is 0 Å². The van der Waals surface area contributed by atoms with E-state index in [1.165, 1.54) is 17.3 Å². The normalized spacial score (nSPS) is 22.1. The molecule has 1 unspecified atom stereocenters. The molecular formula is C19H18ClN3OS. The average Bonchev–Trinajstić information content (AvgIpc) is 2.90. The minimum atomic E-state index is -0.799. The van der Waals surface area contributed by atoms with Gasteiger partial charge in [0.2, 0.25) is 0 Å². The number of carbonyl (C=O) groups excluding carboxylic acids is 1. The van der Waals surface area contributed by atoms with Gasteiger partial charge in [0.25, 0.3) is 5.91 Å². The van der Waals surface area contributed by atoms with Gasteiger partial charge >= 0.3 is 0 Å². The van der Waals surface area contributed by atoms with Crippen molar-refractivity contribution >= 4 is 40.1 Å². The summed E-state index contributed by atoms with van der Waals surface area (Å²) in [5.74, 6) is -0.0149. The number of aryl methyl sites for hydroxylation is 1. The zero-order valence-corrected chi connectivity index (χ0v) is 15.4. The lowest BCUT2D eigenvalue weighted by Gasteiger charge is -2.32. The average molecular weight is 372 g/mol. The molecule has 1 amide bonds. The van der Waals surface area contributed by atoms with Gasteiger partial charge in [-0.05, 0) is 60.9 Å². The van der Waals surface area contributed by atoms with Gasteiger partial charge < -0.3 is 0 Å². The summed E-state index contributed by atoms with van der Waals surface area (Å²) in [6, 6.07) is 15.5. The number of hydrogen-bond acceptors (Lipinski definition) is 4. The number of amides is 1. The minimum Gasteiger partial charge on any atom is -0.289 e. The maximum atomic E-state index is 13.4. The quantitative estimate of drug-likeness (QED) is 0.847. The zero-order valence-electron chi connectivity index (χ0n) is 13.8. The lowest BCUT2D eigenvalue weighted by Crippen LogP contribution is -2.45. The van der Waals surface area contributed by atoms with Crippen LogP contribution >= 0.6 is 23.4 Å². The van der Waals surface area contributed by atoms with Crippen LogP contribution in [0, 0.1) is 0 Å². The van der Waals surface area contributed by atoms with Crippen LogP contribution in [0.3, 0.4) is 0 Å². The number of thioether (sulfide) groups is 1. The number of benzene rings is 2. The second-order valence-electron chi connectivity index (χ2n) is 6.23. The van der Waals surface area contributed by atoms with Crippen LogP contribution in [0.15, 0.2) is 53.5 Å². The summed E-state index contributed by atoms with van der Waals surface area (Å²) < 4.78 is 0. The summed E-state index contributed by atoms with van der Waals surface area (Å²) in [4.78, 5) is 18.3. The van der Waals surface area contributed by atoms with Crippen LogP contribution in [0.4, 0.5) is 5.69 Å². The molecule has 1 aliphatic carbocycles. The molecule has 2 aliphatic rings. The monoisotopic (exact) mass is 371 g/mol. The molecule has 25 heavy (non-hydrogen) atoms. The number of anilines is 1. The summed E-state index contributed by atoms with van der Waals surface area (Å²) in [6.45, 7) is 0. The molecule has 1 heterocycles. The molecule has 0 fully saturated rings. The van der Waals surface area contributed by atoms with Crippen LogP contribution in [0.1, 0.15) is 24.0 Å². The van der Waals surface area contributed by atoms with Gasteiger partial charge in [0.05, 0.1) is 5.69 Å². The van der Waals surface area contributed by atoms with Crippen molar-refractivity contribution in [2.75, 3.05) is 11.7 Å². The molecule has 0 bridgehead atoms. The van der Waals surface area contributed by atoms with E-state index >= 15 is 0 Å². The van der Waals surface area contributed by atoms with E-state index in [1.807, 2.05) is 36.6 Å². The Bertz CT molecular complexity index is 852. The highest BCUT2D eigenvalue weighted by Crippen LogP contribution is 2.44. The highest BCUT2D eigenvalue weighted by molar-refractivity contribution is 8.13. The molecule has 0 saturated carbocycles. The molecular weight excluding hydrogens is 354 g/mol. The molecule has 0 aromatic heterocycles. The number of carbonyl (C=O) groups is 1. The first kappa shape index (κ1) is 16.5. The Morgan fingerprint density at radius 3 is 2.72 bits per heavy atom. The van der Waals surface area contributed by atoms with Gasteiger partial charge in [0.1, 0.15) is 0 Å². The SMILES string of the molecule is CSC1=NC2(CCCc3ccccc32)C(=O)N1Nc1ccc(Cl)cc1. The number of halogens is 1. The van der Waals surface area contributed by atoms with Crippen LogP contribution in [0.25, 0.3) is 0 Å². The van der Waals surface area contributed by atoms with Crippen LogP contribution in [-0.4, -0.2) is 22.3 Å². The van der Waals surface area contributed by atoms with E-state index in [9.17, 15) is 4.79 Å². The summed E-state index contributed by atoms with van der Waals surface area (Å²) in [5.41, 5.74) is 5.46. The molecule has 6 heteroatoms. The van der Waals surface area contributed by atoms with E-state index in [1.54, 1.807) is 17.1 Å². The third kappa shape index (κ3) is 2.71. The lowest BCUT2D eigenvalue weighted by atomic mass is 9.76. The first-order chi connectivity index (χ1) is 12.1. The number of aliphatic imine (C=N–C) groups is 1. The minimum absolute atomic E-state index is 0.0149. The van der Waals surface area contributed by atoms with Crippen molar-refractivity contribution in [3.63, 3.8) is 0 Å². The number of fused-ring (bicyclic) bond motifs is 2. The second kappa shape index (κ2) is 6.39. The van der Waals surface area contributed by atoms with Crippen molar-refractivity contribution in [2.45, 2.75) is 24.8 Å². The van der Waals surface area contributed by atoms with Crippen molar-refractivity contribution in [1.82, 2.24) is 5.01 Å². The Kier molecular flexibility index (Phi) is 4.21. The largest absolute Gasteiger partial charge is 0.289 e. The van der Waals surface area contributed by atoms with Gasteiger partial charge in [0, 0.05) is 5.02 Å². The molecule has 1 spiro atoms. The number of nitrogens with one attached hydrogen (secondary N) is 1. The van der Waals surface area contributed by atoms with E-state index in [0.717, 1.165) is 30.5 Å². The standard InChI is InChI=1S/C19H18ClN3OS/c1-25-18-21-19(12-4-6-13-5-2-3-7-16(13)19)17(24)23(18)22-15-10-8-14(20)9-11-15/h2-3,5,7-11,22H,4,6,12H2,1H3. The fourth-order valence-electron chi connectivity index (χ4n) is 3.57. The van der Waals surface area contributed by atoms with Crippen molar-refractivity contribution < 1.29 is 4.79 Å². The summed E-state index contributed by atoms with van der Waals surface area (Å²) in [6.07, 6.45) is 4.64. The molecule has 1 atom stereocenters. The van der Waals surface area contributed by atoms with Gasteiger partial charge in [-0.25, -0.2) is 4.99 Å². The van der Waals surface area contributed by atoms with Gasteiger partial charge in [-0.2, -0.15) is 5.01 Å². The van der Waals surface area contributed by atoms with Gasteiger partial charge in [-0.1, -0.05) is 47.6 Å². The van der Waals surface area contributed by atoms with E-state index in [2.05, 4.69) is 11.5 Å². The molecule has 1 N–H and O–H groups in total. The van der Waals surface area contributed by atoms with Gasteiger partial charge in [-0.15, -0.1) is 0 Å². The maximum Gasteiger partial charge on any atom is 0.280 e. The topological polar surface area (TPSA) is 44.7 Å². The van der Waals surface area contributed by atoms with Crippen LogP contribution in [0.2, 0.25) is 5.02 Å². The zero-order chi connectivity index (χ0) is 17.4. The van der Waals surface area contributed by atoms with Crippen molar-refractivity contribution in [3.8, 4) is 0 Å². The van der Waals surface area contributed by atoms with Crippen molar-refractivity contribution in [2.24, 2.45) is 4.99 Å². The molecule has 4 nitrogen and oxygen atoms in total. The molecule has 4 rings (SSSR count). The highest BCUT2D eigenvalue weighted by atomic mass is 35.5. The fraction of sp³-hybridized carbons (Fsp3) is 0.263. The Hall–Kier alpha value is -1.98. The lowest BCUT2D eigenvalue weighted by molar-refractivity contribution is -0.131. The number of nitrogens with zero attached hydrogens (tertiary/aromatic N) is 2. The smallest absolute Gasteiger partial charge is 0.280 e. The Balaban J connectivity index is 1.72. The predicted octanol–water partition coefficient (Wildman–Crippen LogP) is 4.46. The summed E-state index contributed by atoms with van der Waals surface area (Å²) >= 11 is 7.43. The first-order valence-corrected chi connectivity index (χ1v) is 9.83. The molecule has 0 radical (unpaired) electrons. The molecule has 1 aliphatic heterocycles. The summed E-state index contributed by atoms with van der Waals surface area (Å²) in [5, 5.41) is 2.93. The molecule has 2 aromatic carbocycles. The van der Waals surface area contributed by atoms with Crippen LogP contribution in [-0.2, 0) is 16.8 Å². The third-order valence-corrected chi connectivity index (χ3v) is 5.64. The van der Waals surface area contributed by atoms with Crippen molar-refractivity contribution in [1.29, 1.82) is 0 Å². The summed E-state index contributed by atoms with van der Waals surface area (Å²) in [7, 11) is 0. The highest BCUT2D eigenvalue weighted by Gasteiger charge is 2.51. The van der Waals surface area contributed by atoms with Crippen LogP contribution < -0.4 is 5.43 Å². The van der Waals surface area contributed by atoms with Gasteiger partial charge in [-0.3, -0.25) is 10.2 Å². The predicted molar refractivity (Wildman–Crippen MR) is 104 cm³/mol. The van der Waals surface area contributed by atoms with E-state index in [0.29, 0.717) is 10.2 Å².